The second kappa shape index (κ2) is 1.61. The molecular weight excluding hydrogens is 94.1 g/mol. The van der Waals surface area contributed by atoms with Gasteiger partial charge in [0, 0.05) is 12.3 Å². The molecule has 7 heavy (non-hydrogen) atoms. The summed E-state index contributed by atoms with van der Waals surface area (Å²) >= 11 is 0. The minimum Gasteiger partial charge on any atom is -0.311 e. The van der Waals surface area contributed by atoms with Gasteiger partial charge in [0.05, 0.1) is 0 Å². The van der Waals surface area contributed by atoms with Crippen molar-refractivity contribution < 1.29 is 4.79 Å². The van der Waals surface area contributed by atoms with Crippen molar-refractivity contribution in [3.8, 4) is 0 Å². The Hall–Kier alpha value is -1.03. The zero-order chi connectivity index (χ0) is 5.11. The van der Waals surface area contributed by atoms with Gasteiger partial charge in [0.2, 0.25) is 0 Å². The summed E-state index contributed by atoms with van der Waals surface area (Å²) in [4.78, 5) is 10.2. The molecule has 1 rings (SSSR count). The Morgan fingerprint density at radius 1 is 1.57 bits per heavy atom. The van der Waals surface area contributed by atoms with Crippen LogP contribution in [-0.2, 0) is 4.79 Å². The Morgan fingerprint density at radius 2 is 2.43 bits per heavy atom. The average Bonchev–Trinajstić information content (AvgIpc) is 1.69. The highest BCUT2D eigenvalue weighted by Crippen LogP contribution is 1.68. The Kier molecular flexibility index (Phi) is 0.953. The second-order valence-electron chi connectivity index (χ2n) is 1.09. The number of hydrogen-bond acceptors (Lipinski definition) is 3. The highest BCUT2D eigenvalue weighted by molar-refractivity contribution is 5.87. The molecule has 0 fully saturated rings. The summed E-state index contributed by atoms with van der Waals surface area (Å²) < 4.78 is 0. The van der Waals surface area contributed by atoms with E-state index in [1.807, 2.05) is 0 Å². The van der Waals surface area contributed by atoms with Crippen molar-refractivity contribution in [1.29, 1.82) is 0 Å². The third-order valence-corrected chi connectivity index (χ3v) is 0.576. The van der Waals surface area contributed by atoms with Crippen molar-refractivity contribution in [2.75, 3.05) is 0 Å². The lowest BCUT2D eigenvalue weighted by molar-refractivity contribution is -0.118. The largest absolute Gasteiger partial charge is 0.311 e. The number of carbonyl (C=O) groups is 1. The van der Waals surface area contributed by atoms with Gasteiger partial charge >= 0.3 is 0 Å². The molecule has 4 heteroatoms. The van der Waals surface area contributed by atoms with Crippen molar-refractivity contribution >= 4 is 5.91 Å². The fraction of sp³-hybridized carbons (Fsp3) is 0. The van der Waals surface area contributed by atoms with E-state index in [4.69, 9.17) is 0 Å². The van der Waals surface area contributed by atoms with Crippen LogP contribution in [0.4, 0.5) is 0 Å². The van der Waals surface area contributed by atoms with Crippen LogP contribution in [0, 0.1) is 0 Å². The maximum atomic E-state index is 10.2. The maximum Gasteiger partial charge on any atom is 0.260 e. The zero-order valence-electron chi connectivity index (χ0n) is 3.56. The number of carbonyl (C=O) groups excluding carboxylic acids is 1. The van der Waals surface area contributed by atoms with Gasteiger partial charge in [0.1, 0.15) is 0 Å². The first-order chi connectivity index (χ1) is 3.39. The summed E-state index contributed by atoms with van der Waals surface area (Å²) in [5, 5.41) is 0. The fourth-order valence-electron chi connectivity index (χ4n) is 0.298. The monoisotopic (exact) mass is 99.0 g/mol. The number of nitrogens with one attached hydrogen (secondary N) is 3. The van der Waals surface area contributed by atoms with Crippen LogP contribution in [0.15, 0.2) is 12.3 Å². The van der Waals surface area contributed by atoms with Gasteiger partial charge in [0.15, 0.2) is 0 Å². The van der Waals surface area contributed by atoms with Gasteiger partial charge in [-0.05, 0) is 0 Å². The van der Waals surface area contributed by atoms with Crippen LogP contribution in [0.25, 0.3) is 0 Å². The summed E-state index contributed by atoms with van der Waals surface area (Å²) in [5.74, 6) is -0.140. The molecule has 0 atom stereocenters. The first-order valence-corrected chi connectivity index (χ1v) is 1.86. The van der Waals surface area contributed by atoms with Gasteiger partial charge in [-0.15, -0.1) is 5.53 Å². The van der Waals surface area contributed by atoms with Crippen LogP contribution < -0.4 is 16.4 Å². The summed E-state index contributed by atoms with van der Waals surface area (Å²) in [7, 11) is 0. The summed E-state index contributed by atoms with van der Waals surface area (Å²) in [5.41, 5.74) is 7.25. The lowest BCUT2D eigenvalue weighted by atomic mass is 10.6. The summed E-state index contributed by atoms with van der Waals surface area (Å²) in [6.07, 6.45) is 2.90. The van der Waals surface area contributed by atoms with Crippen molar-refractivity contribution in [3.05, 3.63) is 12.3 Å². The predicted molar refractivity (Wildman–Crippen MR) is 23.6 cm³/mol. The predicted octanol–water partition coefficient (Wildman–Crippen LogP) is -1.36. The topological polar surface area (TPSA) is 53.2 Å². The van der Waals surface area contributed by atoms with E-state index in [1.165, 1.54) is 12.3 Å². The molecule has 1 aliphatic heterocycles. The molecule has 0 aromatic heterocycles. The number of hydrazine groups is 2. The lowest BCUT2D eigenvalue weighted by Gasteiger charge is -2.07. The average molecular weight is 99.1 g/mol. The van der Waals surface area contributed by atoms with Crippen LogP contribution >= 0.6 is 0 Å². The van der Waals surface area contributed by atoms with Gasteiger partial charge in [-0.1, -0.05) is 0 Å². The molecule has 0 spiro atoms. The van der Waals surface area contributed by atoms with E-state index >= 15 is 0 Å². The third-order valence-electron chi connectivity index (χ3n) is 0.576. The van der Waals surface area contributed by atoms with Crippen LogP contribution in [0.5, 0.6) is 0 Å². The molecule has 4 nitrogen and oxygen atoms in total. The molecule has 0 unspecified atom stereocenters. The quantitative estimate of drug-likeness (QED) is 0.351. The molecule has 0 bridgehead atoms. The molecule has 38 valence electrons. The minimum atomic E-state index is -0.140. The van der Waals surface area contributed by atoms with E-state index < -0.39 is 0 Å². The van der Waals surface area contributed by atoms with Gasteiger partial charge in [0.25, 0.3) is 5.91 Å². The van der Waals surface area contributed by atoms with E-state index in [-0.39, 0.29) is 5.91 Å². The number of hydrogen-bond donors (Lipinski definition) is 3. The molecule has 0 aliphatic carbocycles. The van der Waals surface area contributed by atoms with Gasteiger partial charge in [-0.3, -0.25) is 10.2 Å². The Balaban J connectivity index is 2.51. The fourth-order valence-corrected chi connectivity index (χ4v) is 0.298. The Labute approximate surface area is 40.5 Å². The van der Waals surface area contributed by atoms with Crippen LogP contribution in [0.3, 0.4) is 0 Å². The van der Waals surface area contributed by atoms with E-state index in [0.29, 0.717) is 0 Å². The molecule has 0 radical (unpaired) electrons. The van der Waals surface area contributed by atoms with Crippen LogP contribution in [0.2, 0.25) is 0 Å². The number of rotatable bonds is 0. The first-order valence-electron chi connectivity index (χ1n) is 1.86. The van der Waals surface area contributed by atoms with E-state index in [2.05, 4.69) is 16.4 Å². The molecule has 0 saturated heterocycles. The normalized spacial score (nSPS) is 18.0. The SMILES string of the molecule is O=C1C=CNNN1. The third kappa shape index (κ3) is 0.902. The molecule has 1 amide bonds. The minimum absolute atomic E-state index is 0.140. The molecule has 3 N–H and O–H groups in total. The van der Waals surface area contributed by atoms with Crippen LogP contribution in [-0.4, -0.2) is 5.91 Å². The summed E-state index contributed by atoms with van der Waals surface area (Å²) in [6.45, 7) is 0. The summed E-state index contributed by atoms with van der Waals surface area (Å²) in [6, 6.07) is 0. The lowest BCUT2D eigenvalue weighted by Crippen LogP contribution is -2.46. The van der Waals surface area contributed by atoms with Crippen molar-refractivity contribution in [3.63, 3.8) is 0 Å². The molecule has 1 heterocycles. The highest BCUT2D eigenvalue weighted by Gasteiger charge is 1.93. The van der Waals surface area contributed by atoms with Crippen molar-refractivity contribution in [1.82, 2.24) is 16.4 Å². The first kappa shape index (κ1) is 4.14. The second-order valence-corrected chi connectivity index (χ2v) is 1.09. The van der Waals surface area contributed by atoms with Gasteiger partial charge in [-0.25, -0.2) is 0 Å². The van der Waals surface area contributed by atoms with E-state index in [1.54, 1.807) is 0 Å². The Bertz CT molecular complexity index is 109. The molecule has 1 aliphatic rings. The maximum absolute atomic E-state index is 10.2. The standard InChI is InChI=1S/C3H5N3O/c7-3-1-2-4-6-5-3/h1-2,4,6H,(H,5,7). The smallest absolute Gasteiger partial charge is 0.260 e. The molecular formula is C3H5N3O. The van der Waals surface area contributed by atoms with Crippen molar-refractivity contribution in [2.24, 2.45) is 0 Å². The van der Waals surface area contributed by atoms with E-state index in [9.17, 15) is 4.79 Å². The van der Waals surface area contributed by atoms with Gasteiger partial charge < -0.3 is 5.43 Å². The molecule has 0 aromatic carbocycles. The highest BCUT2D eigenvalue weighted by atomic mass is 16.2. The van der Waals surface area contributed by atoms with E-state index in [0.717, 1.165) is 0 Å². The van der Waals surface area contributed by atoms with Gasteiger partial charge in [-0.2, -0.15) is 0 Å². The molecule has 0 aromatic rings. The zero-order valence-corrected chi connectivity index (χ0v) is 3.56. The number of amides is 1. The Morgan fingerprint density at radius 3 is 2.71 bits per heavy atom. The molecule has 0 saturated carbocycles. The van der Waals surface area contributed by atoms with Crippen molar-refractivity contribution in [2.45, 2.75) is 0 Å². The van der Waals surface area contributed by atoms with Crippen LogP contribution in [0.1, 0.15) is 0 Å².